The fourth-order valence-electron chi connectivity index (χ4n) is 0.841. The van der Waals surface area contributed by atoms with Gasteiger partial charge in [0.05, 0.1) is 12.1 Å². The van der Waals surface area contributed by atoms with Crippen LogP contribution in [0, 0.1) is 0 Å². The van der Waals surface area contributed by atoms with Crippen molar-refractivity contribution in [3.63, 3.8) is 0 Å². The highest BCUT2D eigenvalue weighted by atomic mass is 35.5. The monoisotopic (exact) mass is 171 g/mol. The Morgan fingerprint density at radius 2 is 2.36 bits per heavy atom. The van der Waals surface area contributed by atoms with E-state index in [0.717, 1.165) is 12.0 Å². The molecule has 0 aliphatic heterocycles. The molecule has 0 atom stereocenters. The van der Waals surface area contributed by atoms with Crippen LogP contribution in [0.4, 0.5) is 0 Å². The Labute approximate surface area is 71.2 Å². The molecule has 0 aromatic carbocycles. The van der Waals surface area contributed by atoms with Crippen LogP contribution in [0.5, 0.6) is 5.88 Å². The molecule has 60 valence electrons. The predicted octanol–water partition coefficient (Wildman–Crippen LogP) is 2.31. The van der Waals surface area contributed by atoms with E-state index in [4.69, 9.17) is 16.3 Å². The summed E-state index contributed by atoms with van der Waals surface area (Å²) in [6.07, 6.45) is 2.51. The van der Waals surface area contributed by atoms with Gasteiger partial charge in [0.25, 0.3) is 0 Å². The fraction of sp³-hybridized carbons (Fsp3) is 0.375. The highest BCUT2D eigenvalue weighted by Crippen LogP contribution is 2.18. The highest BCUT2D eigenvalue weighted by Gasteiger charge is 1.99. The summed E-state index contributed by atoms with van der Waals surface area (Å²) in [4.78, 5) is 3.95. The maximum Gasteiger partial charge on any atom is 0.213 e. The van der Waals surface area contributed by atoms with E-state index < -0.39 is 0 Å². The quantitative estimate of drug-likeness (QED) is 0.682. The first-order valence-corrected chi connectivity index (χ1v) is 3.84. The van der Waals surface area contributed by atoms with Gasteiger partial charge in [-0.15, -0.1) is 0 Å². The lowest BCUT2D eigenvalue weighted by molar-refractivity contribution is 0.397. The molecule has 1 aromatic rings. The zero-order valence-corrected chi connectivity index (χ0v) is 7.35. The SMILES string of the molecule is CCc1cc(OC)ncc1Cl. The average molecular weight is 172 g/mol. The van der Waals surface area contributed by atoms with Gasteiger partial charge in [0, 0.05) is 12.3 Å². The van der Waals surface area contributed by atoms with Crippen molar-refractivity contribution in [1.82, 2.24) is 4.98 Å². The predicted molar refractivity (Wildman–Crippen MR) is 45.2 cm³/mol. The van der Waals surface area contributed by atoms with Gasteiger partial charge in [-0.3, -0.25) is 0 Å². The minimum absolute atomic E-state index is 0.617. The third-order valence-electron chi connectivity index (χ3n) is 1.50. The molecule has 2 nitrogen and oxygen atoms in total. The molecule has 0 saturated heterocycles. The van der Waals surface area contributed by atoms with Crippen LogP contribution in [0.25, 0.3) is 0 Å². The minimum atomic E-state index is 0.617. The third kappa shape index (κ3) is 1.84. The standard InChI is InChI=1S/C8H10ClNO/c1-3-6-4-8(11-2)10-5-7(6)9/h4-5H,3H2,1-2H3. The van der Waals surface area contributed by atoms with E-state index in [0.29, 0.717) is 10.9 Å². The van der Waals surface area contributed by atoms with Crippen molar-refractivity contribution in [1.29, 1.82) is 0 Å². The molecule has 0 fully saturated rings. The van der Waals surface area contributed by atoms with Crippen molar-refractivity contribution in [3.8, 4) is 5.88 Å². The largest absolute Gasteiger partial charge is 0.481 e. The van der Waals surface area contributed by atoms with Crippen LogP contribution in [0.15, 0.2) is 12.3 Å². The summed E-state index contributed by atoms with van der Waals surface area (Å²) in [5, 5.41) is 0.702. The van der Waals surface area contributed by atoms with Gasteiger partial charge >= 0.3 is 0 Å². The van der Waals surface area contributed by atoms with Gasteiger partial charge < -0.3 is 4.74 Å². The number of hydrogen-bond acceptors (Lipinski definition) is 2. The Bertz CT molecular complexity index is 250. The van der Waals surface area contributed by atoms with Crippen LogP contribution < -0.4 is 4.74 Å². The average Bonchev–Trinajstić information content (AvgIpc) is 2.05. The van der Waals surface area contributed by atoms with Gasteiger partial charge in [-0.1, -0.05) is 18.5 Å². The van der Waals surface area contributed by atoms with E-state index >= 15 is 0 Å². The number of hydrogen-bond donors (Lipinski definition) is 0. The molecule has 1 aromatic heterocycles. The Balaban J connectivity index is 3.02. The molecule has 0 N–H and O–H groups in total. The molecule has 0 spiro atoms. The molecular weight excluding hydrogens is 162 g/mol. The maximum absolute atomic E-state index is 5.84. The Kier molecular flexibility index (Phi) is 2.71. The Hall–Kier alpha value is -0.760. The van der Waals surface area contributed by atoms with E-state index in [2.05, 4.69) is 4.98 Å². The van der Waals surface area contributed by atoms with Crippen LogP contribution in [0.1, 0.15) is 12.5 Å². The lowest BCUT2D eigenvalue weighted by Crippen LogP contribution is -1.90. The maximum atomic E-state index is 5.84. The summed E-state index contributed by atoms with van der Waals surface area (Å²) in [5.74, 6) is 0.617. The van der Waals surface area contributed by atoms with Crippen molar-refractivity contribution >= 4 is 11.6 Å². The second kappa shape index (κ2) is 3.58. The van der Waals surface area contributed by atoms with Crippen molar-refractivity contribution in [2.75, 3.05) is 7.11 Å². The van der Waals surface area contributed by atoms with E-state index in [1.165, 1.54) is 0 Å². The first kappa shape index (κ1) is 8.34. The van der Waals surface area contributed by atoms with Crippen LogP contribution in [0.3, 0.4) is 0 Å². The molecular formula is C8H10ClNO. The van der Waals surface area contributed by atoms with Crippen molar-refractivity contribution in [2.24, 2.45) is 0 Å². The first-order chi connectivity index (χ1) is 5.27. The van der Waals surface area contributed by atoms with Crippen LogP contribution in [-0.2, 0) is 6.42 Å². The van der Waals surface area contributed by atoms with Gasteiger partial charge in [-0.2, -0.15) is 0 Å². The number of methoxy groups -OCH3 is 1. The van der Waals surface area contributed by atoms with Gasteiger partial charge in [0.2, 0.25) is 5.88 Å². The number of pyridine rings is 1. The lowest BCUT2D eigenvalue weighted by Gasteiger charge is -2.02. The molecule has 0 bridgehead atoms. The van der Waals surface area contributed by atoms with Crippen LogP contribution in [0.2, 0.25) is 5.02 Å². The third-order valence-corrected chi connectivity index (χ3v) is 1.84. The normalized spacial score (nSPS) is 9.73. The lowest BCUT2D eigenvalue weighted by atomic mass is 10.2. The first-order valence-electron chi connectivity index (χ1n) is 3.46. The Morgan fingerprint density at radius 1 is 1.64 bits per heavy atom. The van der Waals surface area contributed by atoms with Gasteiger partial charge in [0.1, 0.15) is 0 Å². The molecule has 3 heteroatoms. The van der Waals surface area contributed by atoms with E-state index in [9.17, 15) is 0 Å². The van der Waals surface area contributed by atoms with E-state index in [-0.39, 0.29) is 0 Å². The van der Waals surface area contributed by atoms with Gasteiger partial charge in [0.15, 0.2) is 0 Å². The second-order valence-electron chi connectivity index (χ2n) is 2.17. The molecule has 11 heavy (non-hydrogen) atoms. The summed E-state index contributed by atoms with van der Waals surface area (Å²) < 4.78 is 4.94. The second-order valence-corrected chi connectivity index (χ2v) is 2.58. The number of nitrogens with zero attached hydrogens (tertiary/aromatic N) is 1. The van der Waals surface area contributed by atoms with E-state index in [1.54, 1.807) is 13.3 Å². The summed E-state index contributed by atoms with van der Waals surface area (Å²) in [7, 11) is 1.59. The van der Waals surface area contributed by atoms with Crippen molar-refractivity contribution in [2.45, 2.75) is 13.3 Å². The summed E-state index contributed by atoms with van der Waals surface area (Å²) in [5.41, 5.74) is 1.07. The molecule has 1 heterocycles. The molecule has 0 radical (unpaired) electrons. The number of rotatable bonds is 2. The van der Waals surface area contributed by atoms with Crippen molar-refractivity contribution in [3.05, 3.63) is 22.8 Å². The van der Waals surface area contributed by atoms with Crippen LogP contribution >= 0.6 is 11.6 Å². The zero-order valence-electron chi connectivity index (χ0n) is 6.60. The fourth-order valence-corrected chi connectivity index (χ4v) is 1.08. The van der Waals surface area contributed by atoms with Crippen molar-refractivity contribution < 1.29 is 4.74 Å². The molecule has 0 saturated carbocycles. The summed E-state index contributed by atoms with van der Waals surface area (Å²) >= 11 is 5.84. The number of aryl methyl sites for hydroxylation is 1. The molecule has 0 aliphatic carbocycles. The van der Waals surface area contributed by atoms with Crippen LogP contribution in [-0.4, -0.2) is 12.1 Å². The van der Waals surface area contributed by atoms with E-state index in [1.807, 2.05) is 13.0 Å². The smallest absolute Gasteiger partial charge is 0.213 e. The molecule has 0 amide bonds. The minimum Gasteiger partial charge on any atom is -0.481 e. The molecule has 0 aliphatic rings. The zero-order chi connectivity index (χ0) is 8.27. The Morgan fingerprint density at radius 3 is 2.91 bits per heavy atom. The van der Waals surface area contributed by atoms with Gasteiger partial charge in [-0.05, 0) is 12.0 Å². The molecule has 0 unspecified atom stereocenters. The number of halogens is 1. The number of aromatic nitrogens is 1. The number of ether oxygens (including phenoxy) is 1. The topological polar surface area (TPSA) is 22.1 Å². The highest BCUT2D eigenvalue weighted by molar-refractivity contribution is 6.31. The van der Waals surface area contributed by atoms with Gasteiger partial charge in [-0.25, -0.2) is 4.98 Å². The summed E-state index contributed by atoms with van der Waals surface area (Å²) in [6.45, 7) is 2.04. The summed E-state index contributed by atoms with van der Waals surface area (Å²) in [6, 6.07) is 1.85. The molecule has 1 rings (SSSR count).